The summed E-state index contributed by atoms with van der Waals surface area (Å²) < 4.78 is 0. The van der Waals surface area contributed by atoms with Gasteiger partial charge in [0.25, 0.3) is 0 Å². The third-order valence-corrected chi connectivity index (χ3v) is 3.26. The quantitative estimate of drug-likeness (QED) is 0.842. The number of nitrogens with one attached hydrogen (secondary N) is 1. The van der Waals surface area contributed by atoms with Crippen molar-refractivity contribution in [1.29, 1.82) is 0 Å². The number of nitrogens with zero attached hydrogens (tertiary/aromatic N) is 1. The third kappa shape index (κ3) is 4.86. The van der Waals surface area contributed by atoms with Crippen LogP contribution in [0.15, 0.2) is 11.4 Å². The average molecular weight is 256 g/mol. The van der Waals surface area contributed by atoms with Gasteiger partial charge in [-0.1, -0.05) is 0 Å². The molecule has 5 nitrogen and oxygen atoms in total. The lowest BCUT2D eigenvalue weighted by Gasteiger charge is -2.16. The summed E-state index contributed by atoms with van der Waals surface area (Å²) in [7, 11) is 1.58. The van der Waals surface area contributed by atoms with Gasteiger partial charge in [0.1, 0.15) is 0 Å². The molecule has 2 amide bonds. The van der Waals surface area contributed by atoms with Crippen molar-refractivity contribution in [3.63, 3.8) is 0 Å². The number of amides is 2. The lowest BCUT2D eigenvalue weighted by Crippen LogP contribution is -2.37. The molecule has 1 rings (SSSR count). The predicted octanol–water partition coefficient (Wildman–Crippen LogP) is 1.67. The van der Waals surface area contributed by atoms with E-state index in [1.165, 1.54) is 10.5 Å². The first-order valence-corrected chi connectivity index (χ1v) is 6.12. The van der Waals surface area contributed by atoms with Gasteiger partial charge in [0, 0.05) is 18.5 Å². The van der Waals surface area contributed by atoms with Gasteiger partial charge in [-0.3, -0.25) is 4.79 Å². The summed E-state index contributed by atoms with van der Waals surface area (Å²) >= 11 is 1.59. The molecule has 17 heavy (non-hydrogen) atoms. The number of thiophene rings is 1. The molecule has 0 aromatic carbocycles. The molecule has 0 aliphatic carbocycles. The van der Waals surface area contributed by atoms with Crippen LogP contribution in [0, 0.1) is 6.92 Å². The molecule has 0 saturated heterocycles. The molecular weight excluding hydrogens is 240 g/mol. The lowest BCUT2D eigenvalue weighted by atomic mass is 10.3. The number of carboxylic acids is 1. The summed E-state index contributed by atoms with van der Waals surface area (Å²) in [6.45, 7) is 2.69. The monoisotopic (exact) mass is 256 g/mol. The van der Waals surface area contributed by atoms with Gasteiger partial charge < -0.3 is 15.3 Å². The molecule has 0 atom stereocenters. The first-order chi connectivity index (χ1) is 7.99. The molecule has 0 fully saturated rings. The smallest absolute Gasteiger partial charge is 0.317 e. The van der Waals surface area contributed by atoms with Gasteiger partial charge in [-0.25, -0.2) is 4.79 Å². The molecule has 1 aromatic rings. The molecular formula is C11H16N2O3S. The first-order valence-electron chi connectivity index (χ1n) is 5.24. The highest BCUT2D eigenvalue weighted by atomic mass is 32.1. The molecule has 1 aromatic heterocycles. The summed E-state index contributed by atoms with van der Waals surface area (Å²) in [6, 6.07) is 1.76. The molecule has 0 aliphatic heterocycles. The predicted molar refractivity (Wildman–Crippen MR) is 66.2 cm³/mol. The Morgan fingerprint density at radius 1 is 1.53 bits per heavy atom. The number of carbonyl (C=O) groups is 2. The molecule has 0 aliphatic rings. The van der Waals surface area contributed by atoms with Crippen molar-refractivity contribution in [3.05, 3.63) is 21.9 Å². The fourth-order valence-electron chi connectivity index (χ4n) is 1.25. The second-order valence-corrected chi connectivity index (χ2v) is 4.81. The Bertz CT molecular complexity index is 403. The van der Waals surface area contributed by atoms with E-state index in [9.17, 15) is 9.59 Å². The maximum Gasteiger partial charge on any atom is 0.317 e. The molecule has 1 heterocycles. The minimum Gasteiger partial charge on any atom is -0.481 e. The van der Waals surface area contributed by atoms with E-state index < -0.39 is 5.97 Å². The van der Waals surface area contributed by atoms with E-state index in [0.717, 1.165) is 4.88 Å². The zero-order chi connectivity index (χ0) is 12.8. The van der Waals surface area contributed by atoms with Crippen LogP contribution in [-0.2, 0) is 11.3 Å². The minimum absolute atomic E-state index is 0.0397. The Labute approximate surface area is 104 Å². The normalized spacial score (nSPS) is 10.0. The van der Waals surface area contributed by atoms with Crippen LogP contribution in [0.3, 0.4) is 0 Å². The fraction of sp³-hybridized carbons (Fsp3) is 0.455. The second-order valence-electron chi connectivity index (χ2n) is 3.81. The van der Waals surface area contributed by atoms with Gasteiger partial charge in [0.15, 0.2) is 0 Å². The molecule has 94 valence electrons. The summed E-state index contributed by atoms with van der Waals surface area (Å²) in [5, 5.41) is 13.3. The van der Waals surface area contributed by atoms with Crippen molar-refractivity contribution in [2.75, 3.05) is 13.6 Å². The van der Waals surface area contributed by atoms with Crippen molar-refractivity contribution in [2.45, 2.75) is 19.9 Å². The van der Waals surface area contributed by atoms with Gasteiger partial charge in [-0.2, -0.15) is 0 Å². The molecule has 0 bridgehead atoms. The van der Waals surface area contributed by atoms with E-state index in [-0.39, 0.29) is 19.0 Å². The van der Waals surface area contributed by atoms with Crippen molar-refractivity contribution in [2.24, 2.45) is 0 Å². The summed E-state index contributed by atoms with van der Waals surface area (Å²) in [5.74, 6) is -0.904. The largest absolute Gasteiger partial charge is 0.481 e. The number of urea groups is 1. The van der Waals surface area contributed by atoms with Crippen LogP contribution in [0.2, 0.25) is 0 Å². The van der Waals surface area contributed by atoms with E-state index in [1.54, 1.807) is 18.4 Å². The van der Waals surface area contributed by atoms with Gasteiger partial charge in [0.2, 0.25) is 0 Å². The molecule has 2 N–H and O–H groups in total. The molecule has 0 unspecified atom stereocenters. The van der Waals surface area contributed by atoms with Crippen LogP contribution in [-0.4, -0.2) is 35.6 Å². The van der Waals surface area contributed by atoms with Crippen LogP contribution in [0.5, 0.6) is 0 Å². The van der Waals surface area contributed by atoms with E-state index in [0.29, 0.717) is 6.54 Å². The number of aliphatic carboxylic acids is 1. The first kappa shape index (κ1) is 13.5. The zero-order valence-electron chi connectivity index (χ0n) is 9.90. The Balaban J connectivity index is 2.31. The van der Waals surface area contributed by atoms with Crippen LogP contribution in [0.4, 0.5) is 4.79 Å². The van der Waals surface area contributed by atoms with Crippen molar-refractivity contribution in [1.82, 2.24) is 10.2 Å². The Morgan fingerprint density at radius 3 is 2.76 bits per heavy atom. The van der Waals surface area contributed by atoms with Gasteiger partial charge in [0.05, 0.1) is 13.0 Å². The Kier molecular flexibility index (Phi) is 4.96. The molecule has 0 saturated carbocycles. The Morgan fingerprint density at radius 2 is 2.24 bits per heavy atom. The topological polar surface area (TPSA) is 69.6 Å². The lowest BCUT2D eigenvalue weighted by molar-refractivity contribution is -0.137. The summed E-state index contributed by atoms with van der Waals surface area (Å²) in [5.41, 5.74) is 1.18. The maximum absolute atomic E-state index is 11.6. The van der Waals surface area contributed by atoms with Gasteiger partial charge in [-0.15, -0.1) is 11.3 Å². The van der Waals surface area contributed by atoms with E-state index in [4.69, 9.17) is 5.11 Å². The minimum atomic E-state index is -0.904. The highest BCUT2D eigenvalue weighted by Gasteiger charge is 2.09. The number of hydrogen-bond donors (Lipinski definition) is 2. The van der Waals surface area contributed by atoms with Crippen molar-refractivity contribution in [3.8, 4) is 0 Å². The number of aryl methyl sites for hydroxylation is 1. The summed E-state index contributed by atoms with van der Waals surface area (Å²) in [4.78, 5) is 24.4. The van der Waals surface area contributed by atoms with Crippen molar-refractivity contribution < 1.29 is 14.7 Å². The zero-order valence-corrected chi connectivity index (χ0v) is 10.7. The number of carbonyl (C=O) groups excluding carboxylic acids is 1. The fourth-order valence-corrected chi connectivity index (χ4v) is 2.06. The number of hydrogen-bond acceptors (Lipinski definition) is 3. The second kappa shape index (κ2) is 6.24. The molecule has 0 spiro atoms. The maximum atomic E-state index is 11.6. The van der Waals surface area contributed by atoms with E-state index in [2.05, 4.69) is 5.32 Å². The van der Waals surface area contributed by atoms with E-state index >= 15 is 0 Å². The van der Waals surface area contributed by atoms with Gasteiger partial charge in [-0.05, 0) is 23.9 Å². The van der Waals surface area contributed by atoms with Crippen LogP contribution >= 0.6 is 11.3 Å². The van der Waals surface area contributed by atoms with Crippen molar-refractivity contribution >= 4 is 23.3 Å². The summed E-state index contributed by atoms with van der Waals surface area (Å²) in [6.07, 6.45) is -0.0397. The van der Waals surface area contributed by atoms with Crippen LogP contribution < -0.4 is 5.32 Å². The number of rotatable bonds is 5. The highest BCUT2D eigenvalue weighted by Crippen LogP contribution is 2.12. The molecule has 6 heteroatoms. The highest BCUT2D eigenvalue weighted by molar-refractivity contribution is 7.10. The standard InChI is InChI=1S/C11H16N2O3S/c1-8-5-9(17-7-8)6-12-11(16)13(2)4-3-10(14)15/h5,7H,3-4,6H2,1-2H3,(H,12,16)(H,14,15). The van der Waals surface area contributed by atoms with Crippen LogP contribution in [0.1, 0.15) is 16.9 Å². The van der Waals surface area contributed by atoms with E-state index in [1.807, 2.05) is 18.4 Å². The number of carboxylic acid groups (broad SMARTS) is 1. The SMILES string of the molecule is Cc1csc(CNC(=O)N(C)CCC(=O)O)c1. The average Bonchev–Trinajstić information content (AvgIpc) is 2.68. The Hall–Kier alpha value is -1.56. The molecule has 0 radical (unpaired) electrons. The van der Waals surface area contributed by atoms with Crippen LogP contribution in [0.25, 0.3) is 0 Å². The van der Waals surface area contributed by atoms with Gasteiger partial charge >= 0.3 is 12.0 Å². The third-order valence-electron chi connectivity index (χ3n) is 2.21.